The molecule has 0 saturated carbocycles. The highest BCUT2D eigenvalue weighted by Crippen LogP contribution is 2.12. The lowest BCUT2D eigenvalue weighted by molar-refractivity contribution is 0.0781. The fourth-order valence-corrected chi connectivity index (χ4v) is 2.22. The topological polar surface area (TPSA) is 35.5 Å². The predicted octanol–water partition coefficient (Wildman–Crippen LogP) is 0.841. The molecule has 3 heteroatoms. The Morgan fingerprint density at radius 1 is 1.38 bits per heavy atom. The summed E-state index contributed by atoms with van der Waals surface area (Å²) in [6.45, 7) is 5.22. The van der Waals surface area contributed by atoms with Crippen LogP contribution in [0.3, 0.4) is 0 Å². The van der Waals surface area contributed by atoms with E-state index in [1.54, 1.807) is 0 Å². The average Bonchev–Trinajstić information content (AvgIpc) is 2.31. The molecular weight excluding hydrogens is 200 g/mol. The van der Waals surface area contributed by atoms with Crippen molar-refractivity contribution in [3.63, 3.8) is 0 Å². The van der Waals surface area contributed by atoms with Crippen LogP contribution in [0.4, 0.5) is 0 Å². The van der Waals surface area contributed by atoms with Gasteiger partial charge in [0.15, 0.2) is 0 Å². The number of piperazine rings is 1. The van der Waals surface area contributed by atoms with Gasteiger partial charge in [-0.2, -0.15) is 0 Å². The van der Waals surface area contributed by atoms with Crippen molar-refractivity contribution < 1.29 is 5.11 Å². The number of nitrogens with zero attached hydrogens (tertiary/aromatic N) is 1. The van der Waals surface area contributed by atoms with Crippen LogP contribution in [-0.2, 0) is 6.54 Å². The van der Waals surface area contributed by atoms with Crippen LogP contribution in [0.2, 0.25) is 0 Å². The summed E-state index contributed by atoms with van der Waals surface area (Å²) in [6.07, 6.45) is 0. The van der Waals surface area contributed by atoms with Crippen molar-refractivity contribution in [1.82, 2.24) is 10.2 Å². The van der Waals surface area contributed by atoms with Crippen molar-refractivity contribution in [3.8, 4) is 0 Å². The molecule has 2 unspecified atom stereocenters. The first-order chi connectivity index (χ1) is 7.79. The Hall–Kier alpha value is -0.900. The summed E-state index contributed by atoms with van der Waals surface area (Å²) < 4.78 is 0. The molecule has 2 N–H and O–H groups in total. The fourth-order valence-electron chi connectivity index (χ4n) is 2.22. The summed E-state index contributed by atoms with van der Waals surface area (Å²) in [7, 11) is 0. The molecule has 1 fully saturated rings. The van der Waals surface area contributed by atoms with E-state index >= 15 is 0 Å². The minimum atomic E-state index is 0.229. The molecule has 1 aromatic rings. The van der Waals surface area contributed by atoms with Gasteiger partial charge in [0.05, 0.1) is 6.61 Å². The van der Waals surface area contributed by atoms with Crippen molar-refractivity contribution in [1.29, 1.82) is 0 Å². The second kappa shape index (κ2) is 5.43. The molecule has 1 heterocycles. The summed E-state index contributed by atoms with van der Waals surface area (Å²) in [5, 5.41) is 12.7. The molecule has 2 rings (SSSR count). The molecule has 3 nitrogen and oxygen atoms in total. The molecule has 0 aliphatic carbocycles. The number of aliphatic hydroxyl groups excluding tert-OH is 1. The summed E-state index contributed by atoms with van der Waals surface area (Å²) in [5.41, 5.74) is 1.31. The van der Waals surface area contributed by atoms with Gasteiger partial charge in [0.1, 0.15) is 0 Å². The van der Waals surface area contributed by atoms with E-state index in [0.717, 1.165) is 19.6 Å². The van der Waals surface area contributed by atoms with E-state index in [2.05, 4.69) is 41.4 Å². The minimum absolute atomic E-state index is 0.229. The SMILES string of the molecule is CC1CN(Cc2ccccc2)C(CO)CN1. The van der Waals surface area contributed by atoms with Gasteiger partial charge in [0.2, 0.25) is 0 Å². The first-order valence-corrected chi connectivity index (χ1v) is 5.92. The lowest BCUT2D eigenvalue weighted by Crippen LogP contribution is -2.56. The lowest BCUT2D eigenvalue weighted by Gasteiger charge is -2.38. The first kappa shape index (κ1) is 11.6. The van der Waals surface area contributed by atoms with E-state index in [9.17, 15) is 5.11 Å². The van der Waals surface area contributed by atoms with E-state index < -0.39 is 0 Å². The van der Waals surface area contributed by atoms with Crippen LogP contribution in [0, 0.1) is 0 Å². The molecule has 16 heavy (non-hydrogen) atoms. The highest BCUT2D eigenvalue weighted by atomic mass is 16.3. The largest absolute Gasteiger partial charge is 0.395 e. The third-order valence-corrected chi connectivity index (χ3v) is 3.17. The van der Waals surface area contributed by atoms with Crippen LogP contribution in [0.5, 0.6) is 0 Å². The monoisotopic (exact) mass is 220 g/mol. The maximum atomic E-state index is 9.34. The van der Waals surface area contributed by atoms with Crippen molar-refractivity contribution in [2.45, 2.75) is 25.6 Å². The molecule has 88 valence electrons. The number of aliphatic hydroxyl groups is 1. The molecule has 0 radical (unpaired) electrons. The zero-order chi connectivity index (χ0) is 11.4. The standard InChI is InChI=1S/C13H20N2O/c1-11-8-15(13(10-16)7-14-11)9-12-5-3-2-4-6-12/h2-6,11,13-14,16H,7-10H2,1H3. The van der Waals surface area contributed by atoms with E-state index in [1.807, 2.05) is 6.07 Å². The highest BCUT2D eigenvalue weighted by molar-refractivity contribution is 5.14. The number of benzene rings is 1. The van der Waals surface area contributed by atoms with Gasteiger partial charge in [-0.1, -0.05) is 30.3 Å². The van der Waals surface area contributed by atoms with Gasteiger partial charge in [0, 0.05) is 31.7 Å². The summed E-state index contributed by atoms with van der Waals surface area (Å²) in [4.78, 5) is 2.36. The van der Waals surface area contributed by atoms with E-state index in [0.29, 0.717) is 6.04 Å². The second-order valence-corrected chi connectivity index (χ2v) is 4.56. The van der Waals surface area contributed by atoms with Crippen LogP contribution in [-0.4, -0.2) is 41.8 Å². The molecular formula is C13H20N2O. The highest BCUT2D eigenvalue weighted by Gasteiger charge is 2.24. The number of hydrogen-bond acceptors (Lipinski definition) is 3. The van der Waals surface area contributed by atoms with Gasteiger partial charge in [-0.3, -0.25) is 4.90 Å². The van der Waals surface area contributed by atoms with Crippen LogP contribution >= 0.6 is 0 Å². The quantitative estimate of drug-likeness (QED) is 0.792. The zero-order valence-electron chi connectivity index (χ0n) is 9.76. The molecule has 1 aromatic carbocycles. The third kappa shape index (κ3) is 2.82. The van der Waals surface area contributed by atoms with Gasteiger partial charge in [-0.25, -0.2) is 0 Å². The first-order valence-electron chi connectivity index (χ1n) is 5.92. The summed E-state index contributed by atoms with van der Waals surface area (Å²) in [6, 6.07) is 11.2. The summed E-state index contributed by atoms with van der Waals surface area (Å²) in [5.74, 6) is 0. The fraction of sp³-hybridized carbons (Fsp3) is 0.538. The minimum Gasteiger partial charge on any atom is -0.395 e. The maximum absolute atomic E-state index is 9.34. The predicted molar refractivity (Wildman–Crippen MR) is 65.2 cm³/mol. The van der Waals surface area contributed by atoms with E-state index in [4.69, 9.17) is 0 Å². The van der Waals surface area contributed by atoms with Crippen molar-refractivity contribution in [2.75, 3.05) is 19.7 Å². The van der Waals surface area contributed by atoms with Gasteiger partial charge >= 0.3 is 0 Å². The smallest absolute Gasteiger partial charge is 0.0599 e. The van der Waals surface area contributed by atoms with Crippen LogP contribution in [0.15, 0.2) is 30.3 Å². The maximum Gasteiger partial charge on any atom is 0.0599 e. The zero-order valence-corrected chi connectivity index (χ0v) is 9.76. The second-order valence-electron chi connectivity index (χ2n) is 4.56. The summed E-state index contributed by atoms with van der Waals surface area (Å²) >= 11 is 0. The van der Waals surface area contributed by atoms with Crippen LogP contribution in [0.1, 0.15) is 12.5 Å². The number of nitrogens with one attached hydrogen (secondary N) is 1. The normalized spacial score (nSPS) is 26.9. The Kier molecular flexibility index (Phi) is 3.93. The Morgan fingerprint density at radius 3 is 2.81 bits per heavy atom. The number of hydrogen-bond donors (Lipinski definition) is 2. The molecule has 2 atom stereocenters. The van der Waals surface area contributed by atoms with Gasteiger partial charge in [0.25, 0.3) is 0 Å². The van der Waals surface area contributed by atoms with Gasteiger partial charge in [-0.05, 0) is 12.5 Å². The van der Waals surface area contributed by atoms with Crippen LogP contribution in [0.25, 0.3) is 0 Å². The Labute approximate surface area is 97.1 Å². The molecule has 1 aliphatic heterocycles. The van der Waals surface area contributed by atoms with Crippen molar-refractivity contribution >= 4 is 0 Å². The Morgan fingerprint density at radius 2 is 2.12 bits per heavy atom. The lowest BCUT2D eigenvalue weighted by atomic mass is 10.1. The molecule has 1 aliphatic rings. The van der Waals surface area contributed by atoms with Crippen molar-refractivity contribution in [3.05, 3.63) is 35.9 Å². The van der Waals surface area contributed by atoms with Gasteiger partial charge in [-0.15, -0.1) is 0 Å². The molecule has 0 aromatic heterocycles. The molecule has 0 bridgehead atoms. The average molecular weight is 220 g/mol. The van der Waals surface area contributed by atoms with E-state index in [1.165, 1.54) is 5.56 Å². The van der Waals surface area contributed by atoms with Gasteiger partial charge < -0.3 is 10.4 Å². The Bertz CT molecular complexity index is 315. The Balaban J connectivity index is 2.01. The van der Waals surface area contributed by atoms with Crippen molar-refractivity contribution in [2.24, 2.45) is 0 Å². The van der Waals surface area contributed by atoms with E-state index in [-0.39, 0.29) is 12.6 Å². The molecule has 0 spiro atoms. The molecule has 0 amide bonds. The third-order valence-electron chi connectivity index (χ3n) is 3.17. The molecule has 1 saturated heterocycles. The number of rotatable bonds is 3. The van der Waals surface area contributed by atoms with Crippen LogP contribution < -0.4 is 5.32 Å².